The zero-order valence-corrected chi connectivity index (χ0v) is 19.8. The quantitative estimate of drug-likeness (QED) is 0.553. The number of aryl methyl sites for hydroxylation is 1. The zero-order chi connectivity index (χ0) is 22.3. The van der Waals surface area contributed by atoms with E-state index in [-0.39, 0.29) is 16.8 Å². The van der Waals surface area contributed by atoms with Gasteiger partial charge in [-0.1, -0.05) is 24.6 Å². The van der Waals surface area contributed by atoms with Gasteiger partial charge in [0.25, 0.3) is 5.91 Å². The lowest BCUT2D eigenvalue weighted by Crippen LogP contribution is -2.36. The van der Waals surface area contributed by atoms with Gasteiger partial charge in [-0.15, -0.1) is 11.3 Å². The van der Waals surface area contributed by atoms with Crippen molar-refractivity contribution in [3.8, 4) is 0 Å². The summed E-state index contributed by atoms with van der Waals surface area (Å²) in [7, 11) is -3.60. The number of amides is 1. The Labute approximate surface area is 192 Å². The van der Waals surface area contributed by atoms with Crippen LogP contribution >= 0.6 is 11.3 Å². The maximum Gasteiger partial charge on any atom is 0.254 e. The van der Waals surface area contributed by atoms with Crippen LogP contribution in [0.4, 0.5) is 0 Å². The Morgan fingerprint density at radius 2 is 1.81 bits per heavy atom. The van der Waals surface area contributed by atoms with Crippen LogP contribution < -0.4 is 0 Å². The van der Waals surface area contributed by atoms with Crippen molar-refractivity contribution in [2.45, 2.75) is 50.0 Å². The second-order valence-electron chi connectivity index (χ2n) is 8.62. The summed E-state index contributed by atoms with van der Waals surface area (Å²) in [5.74, 6) is -0.123. The number of thiazole rings is 1. The number of carbonyl (C=O) groups is 1. The van der Waals surface area contributed by atoms with Crippen molar-refractivity contribution in [3.05, 3.63) is 58.6 Å². The summed E-state index contributed by atoms with van der Waals surface area (Å²) in [4.78, 5) is 20.4. The van der Waals surface area contributed by atoms with Crippen LogP contribution in [0, 0.1) is 6.92 Å². The lowest BCUT2D eigenvalue weighted by atomic mass is 10.1. The first kappa shape index (κ1) is 21.6. The van der Waals surface area contributed by atoms with Crippen molar-refractivity contribution in [2.75, 3.05) is 19.6 Å². The van der Waals surface area contributed by atoms with Gasteiger partial charge >= 0.3 is 0 Å². The van der Waals surface area contributed by atoms with E-state index in [1.54, 1.807) is 40.8 Å². The second kappa shape index (κ2) is 8.57. The summed E-state index contributed by atoms with van der Waals surface area (Å²) >= 11 is 1.63. The van der Waals surface area contributed by atoms with E-state index in [0.717, 1.165) is 47.3 Å². The van der Waals surface area contributed by atoms with E-state index in [1.165, 1.54) is 0 Å². The van der Waals surface area contributed by atoms with Gasteiger partial charge in [0.05, 0.1) is 21.2 Å². The van der Waals surface area contributed by atoms with Crippen molar-refractivity contribution < 1.29 is 13.2 Å². The van der Waals surface area contributed by atoms with Crippen molar-refractivity contribution in [1.29, 1.82) is 0 Å². The van der Waals surface area contributed by atoms with E-state index in [1.807, 2.05) is 23.1 Å². The average molecular weight is 470 g/mol. The molecule has 2 aliphatic heterocycles. The third-order valence-electron chi connectivity index (χ3n) is 6.48. The molecule has 1 unspecified atom stereocenters. The molecule has 3 heterocycles. The first-order valence-corrected chi connectivity index (χ1v) is 13.5. The Bertz CT molecular complexity index is 1230. The molecule has 0 saturated carbocycles. The van der Waals surface area contributed by atoms with Crippen molar-refractivity contribution >= 4 is 37.5 Å². The predicted molar refractivity (Wildman–Crippen MR) is 126 cm³/mol. The van der Waals surface area contributed by atoms with E-state index in [9.17, 15) is 13.2 Å². The molecule has 0 bridgehead atoms. The number of sulfonamides is 1. The summed E-state index contributed by atoms with van der Waals surface area (Å²) in [6, 6.07) is 13.0. The zero-order valence-electron chi connectivity index (χ0n) is 18.2. The normalized spacial score (nSPS) is 20.2. The molecule has 0 aliphatic carbocycles. The molecule has 2 fully saturated rings. The fraction of sp³-hybridized carbons (Fsp3) is 0.417. The number of piperidine rings is 1. The molecule has 2 aromatic carbocycles. The molecule has 0 spiro atoms. The number of rotatable bonds is 4. The molecule has 0 N–H and O–H groups in total. The number of para-hydroxylation sites is 1. The number of carbonyl (C=O) groups excluding carboxylic acids is 1. The molecule has 3 aromatic rings. The van der Waals surface area contributed by atoms with Gasteiger partial charge in [-0.25, -0.2) is 13.4 Å². The summed E-state index contributed by atoms with van der Waals surface area (Å²) in [6.45, 7) is 3.55. The Balaban J connectivity index is 1.45. The average Bonchev–Trinajstić information content (AvgIpc) is 3.46. The van der Waals surface area contributed by atoms with E-state index in [4.69, 9.17) is 4.98 Å². The number of aromatic nitrogens is 1. The predicted octanol–water partition coefficient (Wildman–Crippen LogP) is 4.76. The summed E-state index contributed by atoms with van der Waals surface area (Å²) in [5, 5.41) is 0.949. The Morgan fingerprint density at radius 1 is 1.03 bits per heavy atom. The number of benzene rings is 2. The molecule has 8 heteroatoms. The molecule has 5 rings (SSSR count). The van der Waals surface area contributed by atoms with Crippen LogP contribution in [0.5, 0.6) is 0 Å². The van der Waals surface area contributed by atoms with Crippen LogP contribution in [0.1, 0.15) is 59.1 Å². The Hall–Kier alpha value is -2.29. The molecule has 1 atom stereocenters. The minimum absolute atomic E-state index is 0.0663. The highest BCUT2D eigenvalue weighted by molar-refractivity contribution is 7.89. The van der Waals surface area contributed by atoms with Gasteiger partial charge < -0.3 is 4.90 Å². The summed E-state index contributed by atoms with van der Waals surface area (Å²) < 4.78 is 29.2. The highest BCUT2D eigenvalue weighted by Gasteiger charge is 2.34. The molecule has 2 saturated heterocycles. The third kappa shape index (κ3) is 3.84. The molecular weight excluding hydrogens is 442 g/mol. The summed E-state index contributed by atoms with van der Waals surface area (Å²) in [5.41, 5.74) is 2.06. The largest absolute Gasteiger partial charge is 0.329 e. The fourth-order valence-electron chi connectivity index (χ4n) is 4.72. The summed E-state index contributed by atoms with van der Waals surface area (Å²) in [6.07, 6.45) is 4.61. The van der Waals surface area contributed by atoms with Gasteiger partial charge in [-0.05, 0) is 62.4 Å². The molecular formula is C24H27N3O3S2. The monoisotopic (exact) mass is 469 g/mol. The van der Waals surface area contributed by atoms with Gasteiger partial charge in [0.1, 0.15) is 5.01 Å². The lowest BCUT2D eigenvalue weighted by Gasteiger charge is -2.27. The van der Waals surface area contributed by atoms with Crippen molar-refractivity contribution in [3.63, 3.8) is 0 Å². The van der Waals surface area contributed by atoms with E-state index < -0.39 is 10.0 Å². The fourth-order valence-corrected chi connectivity index (χ4v) is 7.60. The molecule has 0 radical (unpaired) electrons. The molecule has 168 valence electrons. The minimum Gasteiger partial charge on any atom is -0.329 e. The Kier molecular flexibility index (Phi) is 5.77. The van der Waals surface area contributed by atoms with Gasteiger partial charge in [-0.3, -0.25) is 4.79 Å². The Morgan fingerprint density at radius 3 is 2.59 bits per heavy atom. The second-order valence-corrected chi connectivity index (χ2v) is 11.6. The third-order valence-corrected chi connectivity index (χ3v) is 9.66. The van der Waals surface area contributed by atoms with Gasteiger partial charge in [0, 0.05) is 25.2 Å². The number of hydrogen-bond acceptors (Lipinski definition) is 5. The first-order chi connectivity index (χ1) is 15.4. The standard InChI is InChI=1S/C24H27N3O3S2/c1-17-11-12-18(16-22(17)32(29,30)26-13-5-2-6-14-26)24(28)27-15-7-9-20(27)23-25-19-8-3-4-10-21(19)31-23/h3-4,8,10-12,16,20H,2,5-7,9,13-15H2,1H3. The SMILES string of the molecule is Cc1ccc(C(=O)N2CCCC2c2nc3ccccc3s2)cc1S(=O)(=O)N1CCCCC1. The van der Waals surface area contributed by atoms with Gasteiger partial charge in [-0.2, -0.15) is 4.31 Å². The molecule has 1 amide bonds. The van der Waals surface area contributed by atoms with E-state index in [0.29, 0.717) is 30.8 Å². The molecule has 2 aliphatic rings. The maximum absolute atomic E-state index is 13.5. The molecule has 6 nitrogen and oxygen atoms in total. The highest BCUT2D eigenvalue weighted by Crippen LogP contribution is 2.37. The smallest absolute Gasteiger partial charge is 0.254 e. The van der Waals surface area contributed by atoms with Crippen molar-refractivity contribution in [1.82, 2.24) is 14.2 Å². The van der Waals surface area contributed by atoms with E-state index in [2.05, 4.69) is 6.07 Å². The van der Waals surface area contributed by atoms with E-state index >= 15 is 0 Å². The maximum atomic E-state index is 13.5. The lowest BCUT2D eigenvalue weighted by molar-refractivity contribution is 0.0735. The van der Waals surface area contributed by atoms with Crippen LogP contribution in [0.3, 0.4) is 0 Å². The number of likely N-dealkylation sites (tertiary alicyclic amines) is 1. The molecule has 1 aromatic heterocycles. The first-order valence-electron chi connectivity index (χ1n) is 11.2. The number of fused-ring (bicyclic) bond motifs is 1. The van der Waals surface area contributed by atoms with Crippen LogP contribution in [0.25, 0.3) is 10.2 Å². The van der Waals surface area contributed by atoms with Crippen LogP contribution in [-0.2, 0) is 10.0 Å². The molecule has 32 heavy (non-hydrogen) atoms. The van der Waals surface area contributed by atoms with Crippen molar-refractivity contribution in [2.24, 2.45) is 0 Å². The number of hydrogen-bond donors (Lipinski definition) is 0. The van der Waals surface area contributed by atoms with Crippen LogP contribution in [-0.4, -0.2) is 48.1 Å². The van der Waals surface area contributed by atoms with Crippen LogP contribution in [0.15, 0.2) is 47.4 Å². The van der Waals surface area contributed by atoms with Crippen LogP contribution in [0.2, 0.25) is 0 Å². The highest BCUT2D eigenvalue weighted by atomic mass is 32.2. The number of nitrogens with zero attached hydrogens (tertiary/aromatic N) is 3. The van der Waals surface area contributed by atoms with Gasteiger partial charge in [0.15, 0.2) is 0 Å². The topological polar surface area (TPSA) is 70.6 Å². The minimum atomic E-state index is -3.60. The van der Waals surface area contributed by atoms with Gasteiger partial charge in [0.2, 0.25) is 10.0 Å².